The maximum atomic E-state index is 11.8. The van der Waals surface area contributed by atoms with Gasteiger partial charge in [0.1, 0.15) is 30.0 Å². The van der Waals surface area contributed by atoms with Crippen molar-refractivity contribution in [3.05, 3.63) is 82.4 Å². The number of Topliss-reactive ketones (excluding diaryl/α,β-unsaturated/α-hetero) is 1. The van der Waals surface area contributed by atoms with Crippen molar-refractivity contribution in [2.75, 3.05) is 7.11 Å². The number of ether oxygens (including phenoxy) is 2. The molecule has 37 heavy (non-hydrogen) atoms. The summed E-state index contributed by atoms with van der Waals surface area (Å²) in [6.45, 7) is 3.70. The van der Waals surface area contributed by atoms with Gasteiger partial charge in [-0.05, 0) is 54.3 Å². The van der Waals surface area contributed by atoms with Gasteiger partial charge in [0.25, 0.3) is 0 Å². The van der Waals surface area contributed by atoms with Crippen molar-refractivity contribution in [2.24, 2.45) is 0 Å². The number of nitrogens with zero attached hydrogens (tertiary/aromatic N) is 4. The minimum absolute atomic E-state index is 0. The fourth-order valence-electron chi connectivity index (χ4n) is 4.00. The third-order valence-electron chi connectivity index (χ3n) is 5.91. The summed E-state index contributed by atoms with van der Waals surface area (Å²) in [6, 6.07) is 16.0. The van der Waals surface area contributed by atoms with Gasteiger partial charge in [0, 0.05) is 11.1 Å². The molecule has 0 bridgehead atoms. The van der Waals surface area contributed by atoms with Crippen LogP contribution >= 0.6 is 0 Å². The first kappa shape index (κ1) is 28.3. The number of phenolic OH excluding ortho intramolecular Hbond substituents is 1. The molecule has 0 aliphatic rings. The molecule has 1 atom stereocenters. The van der Waals surface area contributed by atoms with E-state index in [0.29, 0.717) is 51.6 Å². The average Bonchev–Trinajstić information content (AvgIpc) is 3.43. The summed E-state index contributed by atoms with van der Waals surface area (Å²) in [7, 11) is 1.55. The molecule has 4 rings (SSSR count). The van der Waals surface area contributed by atoms with Crippen molar-refractivity contribution < 1.29 is 54.0 Å². The summed E-state index contributed by atoms with van der Waals surface area (Å²) in [6.07, 6.45) is 0.516. The first-order chi connectivity index (χ1) is 17.4. The Kier molecular flexibility index (Phi) is 9.82. The quantitative estimate of drug-likeness (QED) is 0.237. The Bertz CT molecular complexity index is 1340. The van der Waals surface area contributed by atoms with Crippen LogP contribution in [-0.4, -0.2) is 38.5 Å². The van der Waals surface area contributed by atoms with Gasteiger partial charge in [-0.2, -0.15) is 0 Å². The second-order valence-electron chi connectivity index (χ2n) is 8.34. The van der Waals surface area contributed by atoms with Crippen LogP contribution in [0.1, 0.15) is 59.0 Å². The van der Waals surface area contributed by atoms with Crippen LogP contribution in [0.15, 0.2) is 54.6 Å². The van der Waals surface area contributed by atoms with Gasteiger partial charge in [0.15, 0.2) is 5.78 Å². The van der Waals surface area contributed by atoms with Gasteiger partial charge in [-0.25, -0.2) is 5.10 Å². The normalized spacial score (nSPS) is 11.5. The number of carbonyl (C=O) groups excluding carboxylic acids is 1. The molecule has 0 spiro atoms. The predicted molar refractivity (Wildman–Crippen MR) is 132 cm³/mol. The van der Waals surface area contributed by atoms with E-state index in [-0.39, 0.29) is 47.7 Å². The summed E-state index contributed by atoms with van der Waals surface area (Å²) in [5.74, 6) is 1.22. The number of carbonyl (C=O) groups is 1. The maximum Gasteiger partial charge on any atom is 1.00 e. The number of phenols is 1. The third-order valence-corrected chi connectivity index (χ3v) is 5.91. The molecule has 2 N–H and O–H groups in total. The predicted octanol–water partition coefficient (Wildman–Crippen LogP) is 1.03. The number of methoxy groups -OCH3 is 1. The number of benzene rings is 3. The number of hydrogen-bond donors (Lipinski definition) is 2. The van der Waals surface area contributed by atoms with E-state index in [0.717, 1.165) is 12.0 Å². The second-order valence-corrected chi connectivity index (χ2v) is 8.34. The van der Waals surface area contributed by atoms with Crippen LogP contribution in [0.2, 0.25) is 0 Å². The van der Waals surface area contributed by atoms with E-state index in [4.69, 9.17) is 9.47 Å². The minimum atomic E-state index is -0.882. The minimum Gasteiger partial charge on any atom is -0.507 e. The number of ketones is 1. The van der Waals surface area contributed by atoms with Crippen LogP contribution < -0.4 is 44.2 Å². The van der Waals surface area contributed by atoms with Gasteiger partial charge in [-0.1, -0.05) is 43.7 Å². The molecule has 4 aromatic rings. The largest absolute Gasteiger partial charge is 1.00 e. The maximum absolute atomic E-state index is 11.8. The molecule has 0 saturated carbocycles. The molecule has 1 heterocycles. The topological polar surface area (TPSA) is 129 Å². The molecule has 0 fully saturated rings. The Balaban J connectivity index is 0.00000380. The molecule has 0 radical (unpaired) electrons. The van der Waals surface area contributed by atoms with Crippen LogP contribution in [0, 0.1) is 0 Å². The molecule has 0 aliphatic carbocycles. The molecule has 0 saturated heterocycles. The van der Waals surface area contributed by atoms with Gasteiger partial charge in [0.2, 0.25) is 0 Å². The SMILES string of the molecule is CCCc1c(OCc2ccc(C(O)c3ccc(OC)c(-c4nn[n-]n4)c3)cc2)ccc(C(C)=O)c1O.[Na+]. The average molecular weight is 511 g/mol. The van der Waals surface area contributed by atoms with E-state index in [9.17, 15) is 15.0 Å². The molecule has 1 unspecified atom stereocenters. The third kappa shape index (κ3) is 6.37. The van der Waals surface area contributed by atoms with Crippen LogP contribution in [-0.2, 0) is 13.0 Å². The van der Waals surface area contributed by atoms with Gasteiger partial charge in [0.05, 0.1) is 18.5 Å². The zero-order chi connectivity index (χ0) is 25.7. The van der Waals surface area contributed by atoms with Crippen LogP contribution in [0.4, 0.5) is 0 Å². The molecule has 9 nitrogen and oxygen atoms in total. The summed E-state index contributed by atoms with van der Waals surface area (Å²) < 4.78 is 11.4. The molecule has 10 heteroatoms. The number of aromatic nitrogens is 4. The fourth-order valence-corrected chi connectivity index (χ4v) is 4.00. The summed E-state index contributed by atoms with van der Waals surface area (Å²) in [5, 5.41) is 36.3. The first-order valence-electron chi connectivity index (χ1n) is 11.5. The van der Waals surface area contributed by atoms with Crippen LogP contribution in [0.3, 0.4) is 0 Å². The Morgan fingerprint density at radius 2 is 1.76 bits per heavy atom. The molecular weight excluding hydrogens is 483 g/mol. The van der Waals surface area contributed by atoms with Crippen molar-refractivity contribution in [3.8, 4) is 28.6 Å². The van der Waals surface area contributed by atoms with Crippen molar-refractivity contribution >= 4 is 5.78 Å². The van der Waals surface area contributed by atoms with E-state index < -0.39 is 6.10 Å². The standard InChI is InChI=1S/C27H28N4O5.Na/c1-4-5-21-24(13-11-20(16(2)32)26(21)34)36-15-17-6-8-18(9-7-17)25(33)19-10-12-23(35-3)22(14-19)27-28-30-31-29-27;/h6-14,25,33H,4-5,15H2,1-3H3,(H2,28,29,30,31,32,34);/q;+1/p-1. The Hall–Kier alpha value is -3.24. The van der Waals surface area contributed by atoms with Gasteiger partial charge in [-0.3, -0.25) is 15.2 Å². The van der Waals surface area contributed by atoms with Gasteiger partial charge in [-0.15, -0.1) is 0 Å². The summed E-state index contributed by atoms with van der Waals surface area (Å²) >= 11 is 0. The van der Waals surface area contributed by atoms with E-state index in [1.54, 1.807) is 37.4 Å². The Morgan fingerprint density at radius 1 is 1.05 bits per heavy atom. The zero-order valence-electron chi connectivity index (χ0n) is 21.3. The van der Waals surface area contributed by atoms with Crippen molar-refractivity contribution in [2.45, 2.75) is 39.4 Å². The molecule has 0 aliphatic heterocycles. The summed E-state index contributed by atoms with van der Waals surface area (Å²) in [5.41, 5.74) is 3.75. The number of aromatic hydroxyl groups is 1. The molecule has 1 aromatic heterocycles. The van der Waals surface area contributed by atoms with E-state index in [2.05, 4.69) is 20.6 Å². The monoisotopic (exact) mass is 510 g/mol. The van der Waals surface area contributed by atoms with Crippen molar-refractivity contribution in [1.29, 1.82) is 0 Å². The van der Waals surface area contributed by atoms with Crippen LogP contribution in [0.5, 0.6) is 17.2 Å². The van der Waals surface area contributed by atoms with E-state index in [1.807, 2.05) is 31.2 Å². The van der Waals surface area contributed by atoms with Gasteiger partial charge < -0.3 is 24.8 Å². The zero-order valence-corrected chi connectivity index (χ0v) is 23.3. The number of aliphatic hydroxyl groups is 1. The van der Waals surface area contributed by atoms with E-state index >= 15 is 0 Å². The Morgan fingerprint density at radius 3 is 2.38 bits per heavy atom. The molecule has 0 amide bonds. The fraction of sp³-hybridized carbons (Fsp3) is 0.259. The number of aliphatic hydroxyl groups excluding tert-OH is 1. The first-order valence-corrected chi connectivity index (χ1v) is 11.5. The van der Waals surface area contributed by atoms with Crippen molar-refractivity contribution in [1.82, 2.24) is 20.6 Å². The molecular formula is C27H27N4NaO5. The number of tetrazole rings is 1. The number of hydrogen-bond acceptors (Lipinski definition) is 8. The molecule has 3 aromatic carbocycles. The Labute approximate surface area is 237 Å². The smallest absolute Gasteiger partial charge is 0.507 e. The van der Waals surface area contributed by atoms with E-state index in [1.165, 1.54) is 6.92 Å². The van der Waals surface area contributed by atoms with Crippen molar-refractivity contribution in [3.63, 3.8) is 0 Å². The second kappa shape index (κ2) is 12.8. The summed E-state index contributed by atoms with van der Waals surface area (Å²) in [4.78, 5) is 11.8. The number of rotatable bonds is 10. The van der Waals surface area contributed by atoms with Crippen LogP contribution in [0.25, 0.3) is 11.4 Å². The van der Waals surface area contributed by atoms with Gasteiger partial charge >= 0.3 is 29.6 Å². The molecule has 186 valence electrons.